The SMILES string of the molecule is CC1(C)[C@@H]2CC[C@@]1(c1nc(Cc3ccc(F)cc3)no1)C(=O)C2. The first-order valence-electron chi connectivity index (χ1n) is 8.04. The van der Waals surface area contributed by atoms with Crippen LogP contribution in [-0.4, -0.2) is 15.9 Å². The van der Waals surface area contributed by atoms with Crippen molar-refractivity contribution in [3.05, 3.63) is 47.4 Å². The highest BCUT2D eigenvalue weighted by atomic mass is 19.1. The van der Waals surface area contributed by atoms with Crippen LogP contribution < -0.4 is 0 Å². The van der Waals surface area contributed by atoms with Gasteiger partial charge in [-0.05, 0) is 41.9 Å². The highest BCUT2D eigenvalue weighted by molar-refractivity contribution is 5.94. The number of benzene rings is 1. The van der Waals surface area contributed by atoms with Crippen molar-refractivity contribution in [2.24, 2.45) is 11.3 Å². The summed E-state index contributed by atoms with van der Waals surface area (Å²) < 4.78 is 18.5. The van der Waals surface area contributed by atoms with Gasteiger partial charge in [0, 0.05) is 12.8 Å². The molecule has 23 heavy (non-hydrogen) atoms. The molecule has 0 amide bonds. The van der Waals surface area contributed by atoms with Gasteiger partial charge in [-0.1, -0.05) is 31.1 Å². The van der Waals surface area contributed by atoms with E-state index in [0.29, 0.717) is 30.5 Å². The van der Waals surface area contributed by atoms with Gasteiger partial charge in [0.15, 0.2) is 5.82 Å². The Morgan fingerprint density at radius 2 is 2.04 bits per heavy atom. The van der Waals surface area contributed by atoms with Crippen LogP contribution >= 0.6 is 0 Å². The molecule has 0 unspecified atom stereocenters. The molecule has 2 bridgehead atoms. The summed E-state index contributed by atoms with van der Waals surface area (Å²) >= 11 is 0. The molecule has 1 heterocycles. The Hall–Kier alpha value is -2.04. The van der Waals surface area contributed by atoms with Crippen LogP contribution in [0.1, 0.15) is 50.4 Å². The quantitative estimate of drug-likeness (QED) is 0.871. The van der Waals surface area contributed by atoms with Crippen LogP contribution in [0.5, 0.6) is 0 Å². The maximum Gasteiger partial charge on any atom is 0.240 e. The van der Waals surface area contributed by atoms with Crippen molar-refractivity contribution in [3.8, 4) is 0 Å². The minimum atomic E-state index is -0.619. The van der Waals surface area contributed by atoms with Gasteiger partial charge in [0.2, 0.25) is 5.89 Å². The Labute approximate surface area is 134 Å². The normalized spacial score (nSPS) is 28.5. The molecule has 2 aliphatic rings. The fraction of sp³-hybridized carbons (Fsp3) is 0.500. The van der Waals surface area contributed by atoms with Gasteiger partial charge in [-0.15, -0.1) is 0 Å². The first kappa shape index (κ1) is 14.5. The highest BCUT2D eigenvalue weighted by Crippen LogP contribution is 2.64. The second kappa shape index (κ2) is 4.73. The van der Waals surface area contributed by atoms with E-state index in [1.165, 1.54) is 12.1 Å². The fourth-order valence-corrected chi connectivity index (χ4v) is 4.46. The second-order valence-corrected chi connectivity index (χ2v) is 7.31. The summed E-state index contributed by atoms with van der Waals surface area (Å²) in [6, 6.07) is 6.25. The number of rotatable bonds is 3. The van der Waals surface area contributed by atoms with E-state index in [4.69, 9.17) is 4.52 Å². The first-order chi connectivity index (χ1) is 10.9. The molecule has 2 fully saturated rings. The highest BCUT2D eigenvalue weighted by Gasteiger charge is 2.67. The van der Waals surface area contributed by atoms with Crippen LogP contribution in [-0.2, 0) is 16.6 Å². The molecule has 0 N–H and O–H groups in total. The molecule has 2 aromatic rings. The van der Waals surface area contributed by atoms with Crippen LogP contribution in [0.2, 0.25) is 0 Å². The molecule has 1 aromatic heterocycles. The molecular formula is C18H19FN2O2. The number of nitrogens with zero attached hydrogens (tertiary/aromatic N) is 2. The van der Waals surface area contributed by atoms with Crippen LogP contribution in [0, 0.1) is 17.2 Å². The average molecular weight is 314 g/mol. The first-order valence-corrected chi connectivity index (χ1v) is 8.04. The summed E-state index contributed by atoms with van der Waals surface area (Å²) in [5.74, 6) is 1.37. The molecule has 4 rings (SSSR count). The van der Waals surface area contributed by atoms with Gasteiger partial charge in [0.25, 0.3) is 0 Å². The Morgan fingerprint density at radius 3 is 2.65 bits per heavy atom. The van der Waals surface area contributed by atoms with Gasteiger partial charge in [-0.3, -0.25) is 4.79 Å². The monoisotopic (exact) mass is 314 g/mol. The zero-order valence-corrected chi connectivity index (χ0v) is 13.3. The zero-order chi connectivity index (χ0) is 16.2. The van der Waals surface area contributed by atoms with Crippen LogP contribution in [0.25, 0.3) is 0 Å². The van der Waals surface area contributed by atoms with Crippen molar-refractivity contribution >= 4 is 5.78 Å². The topological polar surface area (TPSA) is 56.0 Å². The van der Waals surface area contributed by atoms with Gasteiger partial charge in [-0.25, -0.2) is 4.39 Å². The minimum Gasteiger partial charge on any atom is -0.338 e. The maximum atomic E-state index is 13.0. The number of aromatic nitrogens is 2. The number of hydrogen-bond donors (Lipinski definition) is 0. The smallest absolute Gasteiger partial charge is 0.240 e. The maximum absolute atomic E-state index is 13.0. The number of halogens is 1. The Bertz CT molecular complexity index is 766. The third-order valence-electron chi connectivity index (χ3n) is 6.00. The molecule has 0 radical (unpaired) electrons. The molecule has 120 valence electrons. The minimum absolute atomic E-state index is 0.135. The Balaban J connectivity index is 1.65. The van der Waals surface area contributed by atoms with Crippen molar-refractivity contribution in [2.75, 3.05) is 0 Å². The molecule has 2 aliphatic carbocycles. The summed E-state index contributed by atoms with van der Waals surface area (Å²) in [7, 11) is 0. The third-order valence-corrected chi connectivity index (χ3v) is 6.00. The van der Waals surface area contributed by atoms with Crippen LogP contribution in [0.3, 0.4) is 0 Å². The molecule has 2 atom stereocenters. The Kier molecular flexibility index (Phi) is 2.99. The summed E-state index contributed by atoms with van der Waals surface area (Å²) in [5, 5.41) is 4.06. The van der Waals surface area contributed by atoms with Crippen molar-refractivity contribution in [1.82, 2.24) is 10.1 Å². The molecular weight excluding hydrogens is 295 g/mol. The average Bonchev–Trinajstić information content (AvgIpc) is 3.12. The van der Waals surface area contributed by atoms with Gasteiger partial charge in [-0.2, -0.15) is 4.98 Å². The number of fused-ring (bicyclic) bond motifs is 2. The largest absolute Gasteiger partial charge is 0.338 e. The van der Waals surface area contributed by atoms with E-state index >= 15 is 0 Å². The lowest BCUT2D eigenvalue weighted by molar-refractivity contribution is -0.125. The van der Waals surface area contributed by atoms with Crippen molar-refractivity contribution < 1.29 is 13.7 Å². The number of hydrogen-bond acceptors (Lipinski definition) is 4. The van der Waals surface area contributed by atoms with E-state index in [-0.39, 0.29) is 17.0 Å². The lowest BCUT2D eigenvalue weighted by Gasteiger charge is -2.32. The number of carbonyl (C=O) groups is 1. The summed E-state index contributed by atoms with van der Waals surface area (Å²) in [5.41, 5.74) is 0.160. The van der Waals surface area contributed by atoms with Gasteiger partial charge in [0.05, 0.1) is 0 Å². The van der Waals surface area contributed by atoms with Crippen molar-refractivity contribution in [2.45, 2.75) is 44.9 Å². The van der Waals surface area contributed by atoms with Crippen molar-refractivity contribution in [1.29, 1.82) is 0 Å². The zero-order valence-electron chi connectivity index (χ0n) is 13.3. The molecule has 0 aliphatic heterocycles. The van der Waals surface area contributed by atoms with E-state index in [9.17, 15) is 9.18 Å². The van der Waals surface area contributed by atoms with Gasteiger partial charge in [0.1, 0.15) is 17.0 Å². The Morgan fingerprint density at radius 1 is 1.30 bits per heavy atom. The van der Waals surface area contributed by atoms with Crippen molar-refractivity contribution in [3.63, 3.8) is 0 Å². The number of ketones is 1. The summed E-state index contributed by atoms with van der Waals surface area (Å²) in [6.45, 7) is 4.28. The lowest BCUT2D eigenvalue weighted by Crippen LogP contribution is -2.40. The van der Waals surface area contributed by atoms with Gasteiger partial charge >= 0.3 is 0 Å². The molecule has 0 saturated heterocycles. The standard InChI is InChI=1S/C18H19FN2O2/c1-17(2)12-7-8-18(17,14(22)10-12)16-20-15(21-23-16)9-11-3-5-13(19)6-4-11/h3-6,12H,7-10H2,1-2H3/t12-,18+/m1/s1. The summed E-state index contributed by atoms with van der Waals surface area (Å²) in [6.07, 6.45) is 2.91. The molecule has 1 aromatic carbocycles. The molecule has 4 nitrogen and oxygen atoms in total. The van der Waals surface area contributed by atoms with Crippen LogP contribution in [0.15, 0.2) is 28.8 Å². The predicted octanol–water partition coefficient (Wildman–Crippen LogP) is 3.45. The van der Waals surface area contributed by atoms with E-state index < -0.39 is 5.41 Å². The van der Waals surface area contributed by atoms with Crippen LogP contribution in [0.4, 0.5) is 4.39 Å². The van der Waals surface area contributed by atoms with E-state index in [2.05, 4.69) is 24.0 Å². The van der Waals surface area contributed by atoms with Gasteiger partial charge < -0.3 is 4.52 Å². The molecule has 2 saturated carbocycles. The number of carbonyl (C=O) groups excluding carboxylic acids is 1. The fourth-order valence-electron chi connectivity index (χ4n) is 4.46. The molecule has 0 spiro atoms. The number of Topliss-reactive ketones (excluding diaryl/α,β-unsaturated/α-hetero) is 1. The van der Waals surface area contributed by atoms with E-state index in [1.54, 1.807) is 12.1 Å². The van der Waals surface area contributed by atoms with E-state index in [1.807, 2.05) is 0 Å². The lowest BCUT2D eigenvalue weighted by atomic mass is 9.69. The second-order valence-electron chi connectivity index (χ2n) is 7.31. The molecule has 5 heteroatoms. The van der Waals surface area contributed by atoms with E-state index in [0.717, 1.165) is 18.4 Å². The predicted molar refractivity (Wildman–Crippen MR) is 81.3 cm³/mol. The third kappa shape index (κ3) is 1.92. The summed E-state index contributed by atoms with van der Waals surface area (Å²) in [4.78, 5) is 17.1.